The molecule has 1 atom stereocenters. The van der Waals surface area contributed by atoms with E-state index in [0.29, 0.717) is 6.04 Å². The molecule has 100 valence electrons. The van der Waals surface area contributed by atoms with E-state index < -0.39 is 0 Å². The molecule has 2 rings (SSSR count). The Kier molecular flexibility index (Phi) is 5.00. The van der Waals surface area contributed by atoms with Crippen LogP contribution in [0.2, 0.25) is 0 Å². The van der Waals surface area contributed by atoms with Crippen molar-refractivity contribution in [3.05, 3.63) is 64.1 Å². The second kappa shape index (κ2) is 6.73. The molecule has 0 fully saturated rings. The zero-order valence-electron chi connectivity index (χ0n) is 11.2. The summed E-state index contributed by atoms with van der Waals surface area (Å²) in [4.78, 5) is 0. The Bertz CT molecular complexity index is 507. The normalized spacial score (nSPS) is 12.2. The summed E-state index contributed by atoms with van der Waals surface area (Å²) in [5.41, 5.74) is 2.54. The number of halogens is 1. The van der Waals surface area contributed by atoms with E-state index in [4.69, 9.17) is 4.74 Å². The van der Waals surface area contributed by atoms with Crippen molar-refractivity contribution in [2.45, 2.75) is 19.5 Å². The van der Waals surface area contributed by atoms with Gasteiger partial charge in [-0.25, -0.2) is 0 Å². The predicted molar refractivity (Wildman–Crippen MR) is 82.4 cm³/mol. The molecule has 0 radical (unpaired) electrons. The molecule has 0 aromatic heterocycles. The zero-order chi connectivity index (χ0) is 13.7. The van der Waals surface area contributed by atoms with Gasteiger partial charge in [0, 0.05) is 17.1 Å². The molecule has 0 amide bonds. The standard InChI is InChI=1S/C16H18BrNO/c1-12(14-5-9-16(19-2)10-6-14)18-11-13-3-7-15(17)8-4-13/h3-10,12,18H,11H2,1-2H3/t12-/m1/s1. The molecule has 0 aliphatic carbocycles. The first-order valence-corrected chi connectivity index (χ1v) is 7.10. The molecule has 0 heterocycles. The minimum absolute atomic E-state index is 0.314. The SMILES string of the molecule is COc1ccc([C@@H](C)NCc2ccc(Br)cc2)cc1. The van der Waals surface area contributed by atoms with Gasteiger partial charge in [0.15, 0.2) is 0 Å². The maximum atomic E-state index is 5.16. The first-order valence-electron chi connectivity index (χ1n) is 6.31. The topological polar surface area (TPSA) is 21.3 Å². The Hall–Kier alpha value is -1.32. The number of rotatable bonds is 5. The predicted octanol–water partition coefficient (Wildman–Crippen LogP) is 4.31. The van der Waals surface area contributed by atoms with Crippen LogP contribution in [-0.4, -0.2) is 7.11 Å². The van der Waals surface area contributed by atoms with Crippen molar-refractivity contribution < 1.29 is 4.74 Å². The van der Waals surface area contributed by atoms with Gasteiger partial charge >= 0.3 is 0 Å². The molecule has 0 saturated carbocycles. The molecular weight excluding hydrogens is 302 g/mol. The second-order valence-electron chi connectivity index (χ2n) is 4.50. The summed E-state index contributed by atoms with van der Waals surface area (Å²) in [7, 11) is 1.68. The summed E-state index contributed by atoms with van der Waals surface area (Å²) in [6.07, 6.45) is 0. The molecule has 0 unspecified atom stereocenters. The molecule has 0 aliphatic rings. The molecule has 3 heteroatoms. The Morgan fingerprint density at radius 2 is 1.68 bits per heavy atom. The van der Waals surface area contributed by atoms with Crippen molar-refractivity contribution in [3.8, 4) is 5.75 Å². The fourth-order valence-corrected chi connectivity index (χ4v) is 2.15. The minimum Gasteiger partial charge on any atom is -0.497 e. The van der Waals surface area contributed by atoms with Crippen molar-refractivity contribution in [2.75, 3.05) is 7.11 Å². The smallest absolute Gasteiger partial charge is 0.118 e. The molecule has 2 aromatic carbocycles. The van der Waals surface area contributed by atoms with E-state index in [0.717, 1.165) is 16.8 Å². The monoisotopic (exact) mass is 319 g/mol. The number of methoxy groups -OCH3 is 1. The third-order valence-corrected chi connectivity index (χ3v) is 3.67. The maximum Gasteiger partial charge on any atom is 0.118 e. The van der Waals surface area contributed by atoms with Crippen LogP contribution in [0.1, 0.15) is 24.1 Å². The summed E-state index contributed by atoms with van der Waals surface area (Å²) in [5.74, 6) is 0.892. The summed E-state index contributed by atoms with van der Waals surface area (Å²) in [6.45, 7) is 3.03. The zero-order valence-corrected chi connectivity index (χ0v) is 12.8. The molecule has 0 spiro atoms. The van der Waals surface area contributed by atoms with Gasteiger partial charge < -0.3 is 10.1 Å². The van der Waals surface area contributed by atoms with Crippen molar-refractivity contribution in [1.82, 2.24) is 5.32 Å². The van der Waals surface area contributed by atoms with E-state index in [1.165, 1.54) is 11.1 Å². The van der Waals surface area contributed by atoms with Gasteiger partial charge in [0.25, 0.3) is 0 Å². The first-order chi connectivity index (χ1) is 9.19. The molecule has 0 aliphatic heterocycles. The highest BCUT2D eigenvalue weighted by Crippen LogP contribution is 2.18. The number of benzene rings is 2. The molecule has 2 nitrogen and oxygen atoms in total. The highest BCUT2D eigenvalue weighted by Gasteiger charge is 2.04. The van der Waals surface area contributed by atoms with Gasteiger partial charge in [0.1, 0.15) is 5.75 Å². The van der Waals surface area contributed by atoms with E-state index in [2.05, 4.69) is 64.6 Å². The fourth-order valence-electron chi connectivity index (χ4n) is 1.88. The van der Waals surface area contributed by atoms with Crippen LogP contribution in [0.25, 0.3) is 0 Å². The largest absolute Gasteiger partial charge is 0.497 e. The highest BCUT2D eigenvalue weighted by molar-refractivity contribution is 9.10. The average Bonchev–Trinajstić information content (AvgIpc) is 2.46. The van der Waals surface area contributed by atoms with E-state index in [1.807, 2.05) is 12.1 Å². The van der Waals surface area contributed by atoms with Gasteiger partial charge in [-0.1, -0.05) is 40.2 Å². The van der Waals surface area contributed by atoms with E-state index in [9.17, 15) is 0 Å². The number of hydrogen-bond acceptors (Lipinski definition) is 2. The van der Waals surface area contributed by atoms with Gasteiger partial charge in [-0.3, -0.25) is 0 Å². The van der Waals surface area contributed by atoms with Crippen LogP contribution in [0.3, 0.4) is 0 Å². The quantitative estimate of drug-likeness (QED) is 0.886. The first kappa shape index (κ1) is 14.1. The average molecular weight is 320 g/mol. The molecule has 19 heavy (non-hydrogen) atoms. The van der Waals surface area contributed by atoms with Crippen LogP contribution in [0.4, 0.5) is 0 Å². The van der Waals surface area contributed by atoms with Gasteiger partial charge in [-0.2, -0.15) is 0 Å². The third kappa shape index (κ3) is 4.08. The van der Waals surface area contributed by atoms with Crippen LogP contribution >= 0.6 is 15.9 Å². The fraction of sp³-hybridized carbons (Fsp3) is 0.250. The van der Waals surface area contributed by atoms with Crippen LogP contribution in [0, 0.1) is 0 Å². The molecule has 2 aromatic rings. The second-order valence-corrected chi connectivity index (χ2v) is 5.42. The van der Waals surface area contributed by atoms with Crippen LogP contribution in [0.5, 0.6) is 5.75 Å². The lowest BCUT2D eigenvalue weighted by molar-refractivity contribution is 0.414. The van der Waals surface area contributed by atoms with Gasteiger partial charge in [0.2, 0.25) is 0 Å². The van der Waals surface area contributed by atoms with Crippen LogP contribution in [0.15, 0.2) is 53.0 Å². The van der Waals surface area contributed by atoms with Gasteiger partial charge in [-0.05, 0) is 42.3 Å². The number of nitrogens with one attached hydrogen (secondary N) is 1. The highest BCUT2D eigenvalue weighted by atomic mass is 79.9. The minimum atomic E-state index is 0.314. The molecule has 0 saturated heterocycles. The Morgan fingerprint density at radius 3 is 2.26 bits per heavy atom. The van der Waals surface area contributed by atoms with Crippen LogP contribution < -0.4 is 10.1 Å². The summed E-state index contributed by atoms with van der Waals surface area (Å²) in [6, 6.07) is 16.9. The third-order valence-electron chi connectivity index (χ3n) is 3.14. The van der Waals surface area contributed by atoms with Crippen molar-refractivity contribution >= 4 is 15.9 Å². The summed E-state index contributed by atoms with van der Waals surface area (Å²) < 4.78 is 6.28. The summed E-state index contributed by atoms with van der Waals surface area (Å²) >= 11 is 3.44. The lowest BCUT2D eigenvalue weighted by Gasteiger charge is -2.14. The maximum absolute atomic E-state index is 5.16. The van der Waals surface area contributed by atoms with Crippen molar-refractivity contribution in [2.24, 2.45) is 0 Å². The Labute approximate surface area is 122 Å². The molecular formula is C16H18BrNO. The van der Waals surface area contributed by atoms with E-state index >= 15 is 0 Å². The Balaban J connectivity index is 1.93. The molecule has 1 N–H and O–H groups in total. The lowest BCUT2D eigenvalue weighted by atomic mass is 10.1. The van der Waals surface area contributed by atoms with Gasteiger partial charge in [-0.15, -0.1) is 0 Å². The molecule has 0 bridgehead atoms. The van der Waals surface area contributed by atoms with Crippen molar-refractivity contribution in [3.63, 3.8) is 0 Å². The van der Waals surface area contributed by atoms with E-state index in [-0.39, 0.29) is 0 Å². The number of ether oxygens (including phenoxy) is 1. The van der Waals surface area contributed by atoms with Crippen LogP contribution in [-0.2, 0) is 6.54 Å². The van der Waals surface area contributed by atoms with Crippen molar-refractivity contribution in [1.29, 1.82) is 0 Å². The Morgan fingerprint density at radius 1 is 1.05 bits per heavy atom. The lowest BCUT2D eigenvalue weighted by Crippen LogP contribution is -2.17. The summed E-state index contributed by atoms with van der Waals surface area (Å²) in [5, 5.41) is 3.52. The number of hydrogen-bond donors (Lipinski definition) is 1. The van der Waals surface area contributed by atoms with Gasteiger partial charge in [0.05, 0.1) is 7.11 Å². The van der Waals surface area contributed by atoms with E-state index in [1.54, 1.807) is 7.11 Å².